The van der Waals surface area contributed by atoms with Crippen molar-refractivity contribution in [2.24, 2.45) is 0 Å². The number of esters is 4. The minimum atomic E-state index is -2.05. The first-order valence-electron chi connectivity index (χ1n) is 19.5. The van der Waals surface area contributed by atoms with Gasteiger partial charge in [-0.05, 0) is 46.5 Å². The van der Waals surface area contributed by atoms with Crippen molar-refractivity contribution in [1.82, 2.24) is 19.9 Å². The van der Waals surface area contributed by atoms with Crippen LogP contribution in [0.25, 0.3) is 43.6 Å². The number of ether oxygens (including phenoxy) is 5. The standard InChI is InChI=1S/C46H38N4O11/c51-37(17-25-21-47-33-13-5-1-9-29(25)33)57-41-42(58-38(52)18-26-22-48-34-14-6-2-10-30(26)34)44(59-39(53)19-27-23-49-35-15-7-3-11-31(27)35)46(61-43(41)45(55)56)60-40(54)20-28-24-50-36-16-8-4-12-32(28)36/h1-16,21-24,41-44,46-50H,17-20H2,(H,55,56)/t41-,42-,43-,44+,46+/m0/s1. The number of benzene rings is 4. The number of carbonyl (C=O) groups excluding carboxylic acids is 4. The van der Waals surface area contributed by atoms with Crippen LogP contribution in [0.15, 0.2) is 122 Å². The van der Waals surface area contributed by atoms with Crippen molar-refractivity contribution in [3.63, 3.8) is 0 Å². The van der Waals surface area contributed by atoms with Gasteiger partial charge in [0.05, 0.1) is 25.7 Å². The molecule has 308 valence electrons. The van der Waals surface area contributed by atoms with Crippen LogP contribution in [0.2, 0.25) is 0 Å². The van der Waals surface area contributed by atoms with Gasteiger partial charge in [-0.1, -0.05) is 72.8 Å². The molecule has 5 N–H and O–H groups in total. The molecule has 8 aromatic rings. The Morgan fingerprint density at radius 1 is 0.443 bits per heavy atom. The van der Waals surface area contributed by atoms with Crippen LogP contribution in [0.1, 0.15) is 22.3 Å². The fourth-order valence-corrected chi connectivity index (χ4v) is 7.98. The minimum Gasteiger partial charge on any atom is -0.479 e. The SMILES string of the molecule is O=C(Cc1c[nH]c2ccccc12)O[C@@H]1O[C@H](C(=O)O)[C@@H](OC(=O)Cc2c[nH]c3ccccc23)[C@H](OC(=O)Cc2c[nH]c3ccccc23)[C@H]1OC(=O)Cc1c[nH]c2ccccc12. The third-order valence-corrected chi connectivity index (χ3v) is 10.8. The van der Waals surface area contributed by atoms with Crippen molar-refractivity contribution in [3.05, 3.63) is 144 Å². The first-order chi connectivity index (χ1) is 29.7. The molecule has 9 rings (SSSR count). The summed E-state index contributed by atoms with van der Waals surface area (Å²) in [5, 5.41) is 13.6. The van der Waals surface area contributed by atoms with Crippen LogP contribution in [0.4, 0.5) is 0 Å². The van der Waals surface area contributed by atoms with Crippen LogP contribution in [-0.4, -0.2) is 85.6 Å². The maximum Gasteiger partial charge on any atom is 0.337 e. The highest BCUT2D eigenvalue weighted by Gasteiger charge is 2.56. The number of hydrogen-bond donors (Lipinski definition) is 5. The molecule has 1 fully saturated rings. The van der Waals surface area contributed by atoms with E-state index in [1.165, 1.54) is 0 Å². The Bertz CT molecular complexity index is 2940. The first kappa shape index (κ1) is 38.8. The molecule has 0 radical (unpaired) electrons. The Hall–Kier alpha value is -7.65. The van der Waals surface area contributed by atoms with Crippen LogP contribution in [0, 0.1) is 0 Å². The molecule has 1 saturated heterocycles. The van der Waals surface area contributed by atoms with Crippen molar-refractivity contribution in [2.75, 3.05) is 0 Å². The summed E-state index contributed by atoms with van der Waals surface area (Å²) in [7, 11) is 0. The zero-order chi connectivity index (χ0) is 42.0. The van der Waals surface area contributed by atoms with E-state index in [1.54, 1.807) is 30.9 Å². The molecule has 5 atom stereocenters. The second-order valence-electron chi connectivity index (χ2n) is 14.8. The summed E-state index contributed by atoms with van der Waals surface area (Å²) in [4.78, 5) is 81.0. The molecular weight excluding hydrogens is 785 g/mol. The van der Waals surface area contributed by atoms with E-state index in [2.05, 4.69) is 19.9 Å². The third-order valence-electron chi connectivity index (χ3n) is 10.8. The number of carboxylic acids is 1. The van der Waals surface area contributed by atoms with Gasteiger partial charge >= 0.3 is 29.8 Å². The van der Waals surface area contributed by atoms with Gasteiger partial charge in [0.25, 0.3) is 0 Å². The molecule has 61 heavy (non-hydrogen) atoms. The third kappa shape index (κ3) is 8.06. The van der Waals surface area contributed by atoms with Crippen LogP contribution in [-0.2, 0) is 73.3 Å². The molecule has 0 aliphatic carbocycles. The molecule has 4 aromatic carbocycles. The Labute approximate surface area is 345 Å². The molecule has 1 aliphatic heterocycles. The van der Waals surface area contributed by atoms with E-state index in [0.29, 0.717) is 22.3 Å². The van der Waals surface area contributed by atoms with E-state index in [9.17, 15) is 29.1 Å². The van der Waals surface area contributed by atoms with Gasteiger partial charge < -0.3 is 48.7 Å². The zero-order valence-corrected chi connectivity index (χ0v) is 32.3. The highest BCUT2D eigenvalue weighted by Crippen LogP contribution is 2.32. The number of H-pyrrole nitrogens is 4. The number of hydrogen-bond acceptors (Lipinski definition) is 10. The highest BCUT2D eigenvalue weighted by molar-refractivity contribution is 5.90. The van der Waals surface area contributed by atoms with Crippen LogP contribution < -0.4 is 0 Å². The average Bonchev–Trinajstić information content (AvgIpc) is 4.06. The van der Waals surface area contributed by atoms with Crippen LogP contribution in [0.3, 0.4) is 0 Å². The van der Waals surface area contributed by atoms with Crippen molar-refractivity contribution in [3.8, 4) is 0 Å². The highest BCUT2D eigenvalue weighted by atomic mass is 16.7. The number of nitrogens with one attached hydrogen (secondary N) is 4. The van der Waals surface area contributed by atoms with Gasteiger partial charge in [-0.15, -0.1) is 0 Å². The zero-order valence-electron chi connectivity index (χ0n) is 32.3. The summed E-state index contributed by atoms with van der Waals surface area (Å²) < 4.78 is 29.7. The van der Waals surface area contributed by atoms with E-state index in [1.807, 2.05) is 91.0 Å². The lowest BCUT2D eigenvalue weighted by atomic mass is 9.97. The fourth-order valence-electron chi connectivity index (χ4n) is 7.98. The maximum absolute atomic E-state index is 14.0. The maximum atomic E-state index is 14.0. The van der Waals surface area contributed by atoms with E-state index in [0.717, 1.165) is 43.6 Å². The summed E-state index contributed by atoms with van der Waals surface area (Å²) in [6, 6.07) is 29.2. The summed E-state index contributed by atoms with van der Waals surface area (Å²) in [6.45, 7) is 0. The van der Waals surface area contributed by atoms with Gasteiger partial charge in [-0.25, -0.2) is 4.79 Å². The fraction of sp³-hybridized carbons (Fsp3) is 0.196. The van der Waals surface area contributed by atoms with Crippen molar-refractivity contribution in [1.29, 1.82) is 0 Å². The van der Waals surface area contributed by atoms with Gasteiger partial charge in [-0.2, -0.15) is 0 Å². The van der Waals surface area contributed by atoms with Crippen molar-refractivity contribution < 1.29 is 52.8 Å². The number of fused-ring (bicyclic) bond motifs is 4. The van der Waals surface area contributed by atoms with E-state index < -0.39 is 60.6 Å². The number of aromatic nitrogens is 4. The van der Waals surface area contributed by atoms with Crippen molar-refractivity contribution in [2.45, 2.75) is 56.4 Å². The number of carbonyl (C=O) groups is 5. The first-order valence-corrected chi connectivity index (χ1v) is 19.5. The summed E-state index contributed by atoms with van der Waals surface area (Å²) in [5.74, 6) is -5.11. The Morgan fingerprint density at radius 3 is 1.11 bits per heavy atom. The van der Waals surface area contributed by atoms with Gasteiger partial charge in [0.15, 0.2) is 18.3 Å². The number of rotatable bonds is 13. The molecule has 15 heteroatoms. The molecule has 4 aromatic heterocycles. The minimum absolute atomic E-state index is 0.286. The Balaban J connectivity index is 1.06. The summed E-state index contributed by atoms with van der Waals surface area (Å²) in [5.41, 5.74) is 5.33. The monoisotopic (exact) mass is 822 g/mol. The number of aromatic amines is 4. The molecule has 1 aliphatic rings. The number of aliphatic carboxylic acids is 1. The molecular formula is C46H38N4O11. The van der Waals surface area contributed by atoms with Gasteiger partial charge in [-0.3, -0.25) is 19.2 Å². The smallest absolute Gasteiger partial charge is 0.337 e. The summed E-state index contributed by atoms with van der Waals surface area (Å²) in [6.07, 6.45) is -4.13. The normalized spacial score (nSPS) is 18.9. The van der Waals surface area contributed by atoms with Gasteiger partial charge in [0.1, 0.15) is 0 Å². The lowest BCUT2D eigenvalue weighted by molar-refractivity contribution is -0.294. The predicted molar refractivity (Wildman–Crippen MR) is 220 cm³/mol. The Morgan fingerprint density at radius 2 is 0.754 bits per heavy atom. The van der Waals surface area contributed by atoms with Gasteiger partial charge in [0.2, 0.25) is 12.4 Å². The molecule has 0 spiro atoms. The lowest BCUT2D eigenvalue weighted by Crippen LogP contribution is -2.64. The molecule has 5 heterocycles. The predicted octanol–water partition coefficient (Wildman–Crippen LogP) is 5.97. The molecule has 0 saturated carbocycles. The van der Waals surface area contributed by atoms with Crippen molar-refractivity contribution >= 4 is 73.5 Å². The lowest BCUT2D eigenvalue weighted by Gasteiger charge is -2.42. The van der Waals surface area contributed by atoms with Crippen LogP contribution in [0.5, 0.6) is 0 Å². The largest absolute Gasteiger partial charge is 0.479 e. The Kier molecular flexibility index (Phi) is 10.5. The van der Waals surface area contributed by atoms with Gasteiger partial charge in [0, 0.05) is 68.4 Å². The molecule has 15 nitrogen and oxygen atoms in total. The summed E-state index contributed by atoms with van der Waals surface area (Å²) >= 11 is 0. The molecule has 0 bridgehead atoms. The molecule has 0 unspecified atom stereocenters. The average molecular weight is 823 g/mol. The van der Waals surface area contributed by atoms with E-state index in [4.69, 9.17) is 23.7 Å². The quantitative estimate of drug-likeness (QED) is 0.0675. The number of carboxylic acid groups (broad SMARTS) is 1. The molecule has 0 amide bonds. The topological polar surface area (TPSA) is 215 Å². The second kappa shape index (κ2) is 16.5. The van der Waals surface area contributed by atoms with Crippen LogP contribution >= 0.6 is 0 Å². The second-order valence-corrected chi connectivity index (χ2v) is 14.8. The number of para-hydroxylation sites is 4. The van der Waals surface area contributed by atoms with E-state index in [-0.39, 0.29) is 25.7 Å². The van der Waals surface area contributed by atoms with E-state index >= 15 is 0 Å².